The number of nitrogens with one attached hydrogen (secondary N) is 1. The van der Waals surface area contributed by atoms with Gasteiger partial charge in [-0.1, -0.05) is 22.0 Å². The molecule has 0 radical (unpaired) electrons. The first kappa shape index (κ1) is 17.0. The van der Waals surface area contributed by atoms with Gasteiger partial charge >= 0.3 is 11.9 Å². The van der Waals surface area contributed by atoms with Crippen molar-refractivity contribution in [3.63, 3.8) is 0 Å². The number of ether oxygens (including phenoxy) is 1. The van der Waals surface area contributed by atoms with Crippen molar-refractivity contribution in [2.75, 3.05) is 20.2 Å². The molecule has 128 valence electrons. The molecule has 1 atom stereocenters. The standard InChI is InChI=1S/C17H19BrN2O4/c1-24-17(23)10-4-6-20(7-5-10)15(16(21)22)13-9-19-14-8-11(18)2-3-12(13)14/h2-3,8-10,15,19H,4-7H2,1H3,(H,21,22)/t15-/m1/s1. The van der Waals surface area contributed by atoms with Gasteiger partial charge in [0.15, 0.2) is 0 Å². The number of benzene rings is 1. The minimum Gasteiger partial charge on any atom is -0.480 e. The lowest BCUT2D eigenvalue weighted by Gasteiger charge is -2.34. The number of carboxylic acid groups (broad SMARTS) is 1. The summed E-state index contributed by atoms with van der Waals surface area (Å²) in [5, 5.41) is 10.7. The number of rotatable bonds is 4. The van der Waals surface area contributed by atoms with Crippen molar-refractivity contribution in [3.05, 3.63) is 34.4 Å². The first-order valence-electron chi connectivity index (χ1n) is 7.82. The van der Waals surface area contributed by atoms with E-state index < -0.39 is 12.0 Å². The minimum absolute atomic E-state index is 0.139. The predicted octanol–water partition coefficient (Wildman–Crippen LogP) is 2.94. The molecule has 7 heteroatoms. The highest BCUT2D eigenvalue weighted by molar-refractivity contribution is 9.10. The molecule has 1 fully saturated rings. The summed E-state index contributed by atoms with van der Waals surface area (Å²) >= 11 is 3.42. The normalized spacial score (nSPS) is 17.8. The average Bonchev–Trinajstić information content (AvgIpc) is 2.97. The molecule has 3 rings (SSSR count). The molecule has 1 aliphatic heterocycles. The van der Waals surface area contributed by atoms with Gasteiger partial charge in [-0.05, 0) is 25.0 Å². The second kappa shape index (κ2) is 6.94. The maximum atomic E-state index is 11.9. The number of esters is 1. The van der Waals surface area contributed by atoms with Crippen LogP contribution in [-0.4, -0.2) is 47.1 Å². The van der Waals surface area contributed by atoms with E-state index in [9.17, 15) is 14.7 Å². The van der Waals surface area contributed by atoms with Crippen molar-refractivity contribution in [1.29, 1.82) is 0 Å². The zero-order chi connectivity index (χ0) is 17.3. The molecule has 2 N–H and O–H groups in total. The third-order valence-corrected chi connectivity index (χ3v) is 5.13. The Labute approximate surface area is 147 Å². The Morgan fingerprint density at radius 1 is 1.38 bits per heavy atom. The van der Waals surface area contributed by atoms with Crippen LogP contribution in [0.2, 0.25) is 0 Å². The number of aromatic nitrogens is 1. The lowest BCUT2D eigenvalue weighted by molar-refractivity contribution is -0.148. The molecule has 0 amide bonds. The van der Waals surface area contributed by atoms with Crippen molar-refractivity contribution in [2.24, 2.45) is 5.92 Å². The number of nitrogens with zero attached hydrogens (tertiary/aromatic N) is 1. The van der Waals surface area contributed by atoms with Gasteiger partial charge in [-0.3, -0.25) is 14.5 Å². The van der Waals surface area contributed by atoms with Crippen LogP contribution in [0.4, 0.5) is 0 Å². The third-order valence-electron chi connectivity index (χ3n) is 4.63. The lowest BCUT2D eigenvalue weighted by atomic mass is 9.94. The third kappa shape index (κ3) is 3.18. The van der Waals surface area contributed by atoms with Gasteiger partial charge < -0.3 is 14.8 Å². The number of carbonyl (C=O) groups excluding carboxylic acids is 1. The molecule has 6 nitrogen and oxygen atoms in total. The Kier molecular flexibility index (Phi) is 4.91. The molecule has 1 aliphatic rings. The number of H-pyrrole nitrogens is 1. The summed E-state index contributed by atoms with van der Waals surface area (Å²) in [5.74, 6) is -1.23. The number of halogens is 1. The minimum atomic E-state index is -0.879. The van der Waals surface area contributed by atoms with E-state index >= 15 is 0 Å². The largest absolute Gasteiger partial charge is 0.480 e. The summed E-state index contributed by atoms with van der Waals surface area (Å²) in [6.07, 6.45) is 3.00. The number of carboxylic acids is 1. The summed E-state index contributed by atoms with van der Waals surface area (Å²) < 4.78 is 5.73. The summed E-state index contributed by atoms with van der Waals surface area (Å²) in [7, 11) is 1.39. The van der Waals surface area contributed by atoms with Crippen molar-refractivity contribution < 1.29 is 19.4 Å². The fourth-order valence-electron chi connectivity index (χ4n) is 3.39. The number of fused-ring (bicyclic) bond motifs is 1. The molecule has 1 aromatic carbocycles. The topological polar surface area (TPSA) is 82.6 Å². The summed E-state index contributed by atoms with van der Waals surface area (Å²) in [6, 6.07) is 5.03. The SMILES string of the molecule is COC(=O)C1CCN([C@@H](C(=O)O)c2c[nH]c3cc(Br)ccc23)CC1. The van der Waals surface area contributed by atoms with E-state index in [1.54, 1.807) is 6.20 Å². The van der Waals surface area contributed by atoms with Crippen LogP contribution >= 0.6 is 15.9 Å². The summed E-state index contributed by atoms with van der Waals surface area (Å²) in [5.41, 5.74) is 1.65. The van der Waals surface area contributed by atoms with Gasteiger partial charge in [0, 0.05) is 40.2 Å². The highest BCUT2D eigenvalue weighted by Crippen LogP contribution is 2.33. The van der Waals surface area contributed by atoms with E-state index in [1.807, 2.05) is 23.1 Å². The fraction of sp³-hybridized carbons (Fsp3) is 0.412. The van der Waals surface area contributed by atoms with Crippen LogP contribution in [0, 0.1) is 5.92 Å². The molecule has 0 bridgehead atoms. The Bertz CT molecular complexity index is 765. The molecule has 2 heterocycles. The number of carbonyl (C=O) groups is 2. The van der Waals surface area contributed by atoms with Gasteiger partial charge in [0.2, 0.25) is 0 Å². The van der Waals surface area contributed by atoms with Gasteiger partial charge in [-0.15, -0.1) is 0 Å². The second-order valence-corrected chi connectivity index (χ2v) is 6.92. The van der Waals surface area contributed by atoms with Gasteiger partial charge in [0.1, 0.15) is 6.04 Å². The van der Waals surface area contributed by atoms with Crippen LogP contribution in [-0.2, 0) is 14.3 Å². The molecular formula is C17H19BrN2O4. The van der Waals surface area contributed by atoms with Gasteiger partial charge in [0.25, 0.3) is 0 Å². The second-order valence-electron chi connectivity index (χ2n) is 6.01. The highest BCUT2D eigenvalue weighted by atomic mass is 79.9. The first-order chi connectivity index (χ1) is 11.5. The zero-order valence-electron chi connectivity index (χ0n) is 13.3. The lowest BCUT2D eigenvalue weighted by Crippen LogP contribution is -2.41. The Morgan fingerprint density at radius 3 is 2.71 bits per heavy atom. The number of likely N-dealkylation sites (tertiary alicyclic amines) is 1. The van der Waals surface area contributed by atoms with E-state index in [-0.39, 0.29) is 11.9 Å². The number of aliphatic carboxylic acids is 1. The quantitative estimate of drug-likeness (QED) is 0.778. The predicted molar refractivity (Wildman–Crippen MR) is 92.7 cm³/mol. The van der Waals surface area contributed by atoms with Crippen LogP contribution in [0.5, 0.6) is 0 Å². The molecule has 1 aromatic heterocycles. The summed E-state index contributed by atoms with van der Waals surface area (Å²) in [4.78, 5) is 28.6. The van der Waals surface area contributed by atoms with Crippen molar-refractivity contribution in [3.8, 4) is 0 Å². The number of hydrogen-bond donors (Lipinski definition) is 2. The molecule has 2 aromatic rings. The van der Waals surface area contributed by atoms with E-state index in [0.29, 0.717) is 25.9 Å². The molecule has 0 unspecified atom stereocenters. The molecule has 1 saturated heterocycles. The fourth-order valence-corrected chi connectivity index (χ4v) is 3.75. The molecular weight excluding hydrogens is 376 g/mol. The maximum Gasteiger partial charge on any atom is 0.325 e. The first-order valence-corrected chi connectivity index (χ1v) is 8.61. The molecule has 0 spiro atoms. The van der Waals surface area contributed by atoms with Crippen LogP contribution < -0.4 is 0 Å². The number of aromatic amines is 1. The van der Waals surface area contributed by atoms with Crippen molar-refractivity contribution >= 4 is 38.8 Å². The Hall–Kier alpha value is -1.86. The Balaban J connectivity index is 1.85. The van der Waals surface area contributed by atoms with Crippen LogP contribution in [0.15, 0.2) is 28.9 Å². The monoisotopic (exact) mass is 394 g/mol. The zero-order valence-corrected chi connectivity index (χ0v) is 14.9. The van der Waals surface area contributed by atoms with E-state index in [2.05, 4.69) is 20.9 Å². The maximum absolute atomic E-state index is 11.9. The number of methoxy groups -OCH3 is 1. The molecule has 24 heavy (non-hydrogen) atoms. The molecule has 0 saturated carbocycles. The van der Waals surface area contributed by atoms with Crippen LogP contribution in [0.25, 0.3) is 10.9 Å². The number of hydrogen-bond acceptors (Lipinski definition) is 4. The van der Waals surface area contributed by atoms with E-state index in [4.69, 9.17) is 4.74 Å². The van der Waals surface area contributed by atoms with Crippen LogP contribution in [0.1, 0.15) is 24.4 Å². The Morgan fingerprint density at radius 2 is 2.08 bits per heavy atom. The van der Waals surface area contributed by atoms with E-state index in [1.165, 1.54) is 7.11 Å². The van der Waals surface area contributed by atoms with Gasteiger partial charge in [0.05, 0.1) is 13.0 Å². The highest BCUT2D eigenvalue weighted by Gasteiger charge is 2.34. The number of piperidine rings is 1. The van der Waals surface area contributed by atoms with Crippen molar-refractivity contribution in [1.82, 2.24) is 9.88 Å². The summed E-state index contributed by atoms with van der Waals surface area (Å²) in [6.45, 7) is 1.11. The average molecular weight is 395 g/mol. The smallest absolute Gasteiger partial charge is 0.325 e. The van der Waals surface area contributed by atoms with Crippen molar-refractivity contribution in [2.45, 2.75) is 18.9 Å². The van der Waals surface area contributed by atoms with Gasteiger partial charge in [-0.25, -0.2) is 0 Å². The van der Waals surface area contributed by atoms with Crippen LogP contribution in [0.3, 0.4) is 0 Å². The van der Waals surface area contributed by atoms with E-state index in [0.717, 1.165) is 20.9 Å². The van der Waals surface area contributed by atoms with Gasteiger partial charge in [-0.2, -0.15) is 0 Å². The molecule has 0 aliphatic carbocycles.